The number of phenolic OH excluding ortho intramolecular Hbond substituents is 2. The number of nitrogens with one attached hydrogen (secondary N) is 1. The number of phenols is 2. The minimum absolute atomic E-state index is 0.0940. The van der Waals surface area contributed by atoms with Gasteiger partial charge in [-0.15, -0.1) is 0 Å². The van der Waals surface area contributed by atoms with Crippen LogP contribution in [-0.2, 0) is 0 Å². The lowest BCUT2D eigenvalue weighted by molar-refractivity contribution is 0.442. The van der Waals surface area contributed by atoms with Crippen molar-refractivity contribution in [1.82, 2.24) is 15.4 Å². The summed E-state index contributed by atoms with van der Waals surface area (Å²) in [5, 5.41) is 24.0. The van der Waals surface area contributed by atoms with Crippen LogP contribution in [0.2, 0.25) is 0 Å². The summed E-state index contributed by atoms with van der Waals surface area (Å²) in [6.45, 7) is 0. The zero-order chi connectivity index (χ0) is 19.2. The first-order valence-electron chi connectivity index (χ1n) is 7.66. The van der Waals surface area contributed by atoms with E-state index in [2.05, 4.69) is 57.3 Å². The maximum absolute atomic E-state index is 10.1. The Bertz CT molecular complexity index is 996. The van der Waals surface area contributed by atoms with Crippen molar-refractivity contribution in [3.63, 3.8) is 0 Å². The number of hydrogen-bond donors (Lipinski definition) is 3. The van der Waals surface area contributed by atoms with Crippen LogP contribution < -0.4 is 5.43 Å². The zero-order valence-electron chi connectivity index (χ0n) is 13.7. The van der Waals surface area contributed by atoms with Gasteiger partial charge in [-0.3, -0.25) is 10.4 Å². The van der Waals surface area contributed by atoms with Crippen molar-refractivity contribution in [1.29, 1.82) is 0 Å². The first-order valence-corrected chi connectivity index (χ1v) is 9.25. The van der Waals surface area contributed by atoms with Gasteiger partial charge in [-0.05, 0) is 62.2 Å². The van der Waals surface area contributed by atoms with Crippen molar-refractivity contribution in [2.45, 2.75) is 0 Å². The second-order valence-electron chi connectivity index (χ2n) is 5.19. The van der Waals surface area contributed by atoms with Gasteiger partial charge in [-0.25, -0.2) is 9.98 Å². The highest BCUT2D eigenvalue weighted by Gasteiger charge is 2.13. The lowest BCUT2D eigenvalue weighted by atomic mass is 10.2. The van der Waals surface area contributed by atoms with E-state index in [1.807, 2.05) is 12.1 Å². The van der Waals surface area contributed by atoms with Gasteiger partial charge in [0.05, 0.1) is 10.7 Å². The van der Waals surface area contributed by atoms with Crippen LogP contribution in [0.3, 0.4) is 0 Å². The summed E-state index contributed by atoms with van der Waals surface area (Å²) in [4.78, 5) is 12.9. The maximum Gasteiger partial charge on any atom is 0.174 e. The molecule has 0 aliphatic rings. The van der Waals surface area contributed by atoms with E-state index >= 15 is 0 Å². The number of amidine groups is 1. The van der Waals surface area contributed by atoms with E-state index in [0.29, 0.717) is 27.4 Å². The van der Waals surface area contributed by atoms with Crippen LogP contribution in [-0.4, -0.2) is 32.2 Å². The fraction of sp³-hybridized carbons (Fsp3) is 0. The van der Waals surface area contributed by atoms with Crippen LogP contribution in [0.25, 0.3) is 0 Å². The van der Waals surface area contributed by atoms with Gasteiger partial charge in [0.2, 0.25) is 0 Å². The number of hydrazone groups is 1. The number of aromatic hydroxyl groups is 2. The number of aromatic nitrogens is 2. The van der Waals surface area contributed by atoms with Crippen molar-refractivity contribution < 1.29 is 10.2 Å². The number of hydrogen-bond acceptors (Lipinski definition) is 6. The number of nitrogens with zero attached hydrogens (tertiary/aromatic N) is 4. The third-order valence-corrected chi connectivity index (χ3v) is 4.71. The predicted octanol–water partition coefficient (Wildman–Crippen LogP) is 4.11. The fourth-order valence-corrected chi connectivity index (χ4v) is 3.21. The lowest BCUT2D eigenvalue weighted by Gasteiger charge is -2.07. The van der Waals surface area contributed by atoms with E-state index in [1.165, 1.54) is 12.3 Å². The van der Waals surface area contributed by atoms with Gasteiger partial charge >= 0.3 is 0 Å². The zero-order valence-corrected chi connectivity index (χ0v) is 16.9. The van der Waals surface area contributed by atoms with Crippen LogP contribution in [0.4, 0.5) is 5.82 Å². The van der Waals surface area contributed by atoms with E-state index in [-0.39, 0.29) is 16.0 Å². The summed E-state index contributed by atoms with van der Waals surface area (Å²) >= 11 is 6.35. The molecule has 7 nitrogen and oxygen atoms in total. The molecule has 3 N–H and O–H groups in total. The molecule has 0 saturated carbocycles. The molecule has 1 aromatic carbocycles. The molecule has 0 unspecified atom stereocenters. The summed E-state index contributed by atoms with van der Waals surface area (Å²) in [5.74, 6) is 0.659. The quantitative estimate of drug-likeness (QED) is 0.290. The molecule has 2 heterocycles. The third-order valence-electron chi connectivity index (χ3n) is 3.35. The molecule has 0 atom stereocenters. The van der Waals surface area contributed by atoms with Crippen molar-refractivity contribution in [2.24, 2.45) is 10.1 Å². The maximum atomic E-state index is 10.1. The molecular formula is C18H13Br2N5O2. The average molecular weight is 491 g/mol. The van der Waals surface area contributed by atoms with Gasteiger partial charge in [0.25, 0.3) is 0 Å². The molecule has 0 aliphatic heterocycles. The van der Waals surface area contributed by atoms with E-state index in [4.69, 9.17) is 0 Å². The van der Waals surface area contributed by atoms with E-state index < -0.39 is 0 Å². The van der Waals surface area contributed by atoms with Crippen molar-refractivity contribution >= 4 is 49.7 Å². The summed E-state index contributed by atoms with van der Waals surface area (Å²) < 4.78 is 0.589. The first kappa shape index (κ1) is 19.0. The molecular weight excluding hydrogens is 478 g/mol. The van der Waals surface area contributed by atoms with Crippen LogP contribution in [0, 0.1) is 0 Å². The first-order chi connectivity index (χ1) is 13.1. The second kappa shape index (κ2) is 8.74. The molecule has 136 valence electrons. The predicted molar refractivity (Wildman–Crippen MR) is 111 cm³/mol. The molecule has 0 fully saturated rings. The Balaban J connectivity index is 1.90. The van der Waals surface area contributed by atoms with Gasteiger partial charge in [0, 0.05) is 18.0 Å². The minimum Gasteiger partial charge on any atom is -0.506 e. The summed E-state index contributed by atoms with van der Waals surface area (Å²) in [7, 11) is 0. The largest absolute Gasteiger partial charge is 0.506 e. The molecule has 3 rings (SSSR count). The summed E-state index contributed by atoms with van der Waals surface area (Å²) in [6, 6.07) is 12.3. The summed E-state index contributed by atoms with van der Waals surface area (Å²) in [6.07, 6.45) is 4.69. The van der Waals surface area contributed by atoms with Crippen LogP contribution in [0.15, 0.2) is 73.9 Å². The molecule has 2 aromatic heterocycles. The van der Waals surface area contributed by atoms with Gasteiger partial charge in [0.1, 0.15) is 21.7 Å². The monoisotopic (exact) mass is 489 g/mol. The van der Waals surface area contributed by atoms with Crippen molar-refractivity contribution in [3.05, 3.63) is 75.1 Å². The molecule has 9 heteroatoms. The fourth-order valence-electron chi connectivity index (χ4n) is 2.06. The summed E-state index contributed by atoms with van der Waals surface area (Å²) in [5.41, 5.74) is 3.79. The van der Waals surface area contributed by atoms with Gasteiger partial charge in [-0.2, -0.15) is 5.10 Å². The highest BCUT2D eigenvalue weighted by atomic mass is 79.9. The van der Waals surface area contributed by atoms with Gasteiger partial charge in [0.15, 0.2) is 11.7 Å². The highest BCUT2D eigenvalue weighted by molar-refractivity contribution is 9.11. The van der Waals surface area contributed by atoms with E-state index in [0.717, 1.165) is 0 Å². The Morgan fingerprint density at radius 3 is 2.41 bits per heavy atom. The smallest absolute Gasteiger partial charge is 0.174 e. The Morgan fingerprint density at radius 2 is 1.74 bits per heavy atom. The van der Waals surface area contributed by atoms with E-state index in [1.54, 1.807) is 36.7 Å². The molecule has 3 aromatic rings. The SMILES string of the molecule is Oc1c(Br)cc(/C=N/NC(=Nc2ccccn2)c2ccccn2)c(O)c1Br. The van der Waals surface area contributed by atoms with Crippen molar-refractivity contribution in [2.75, 3.05) is 0 Å². The topological polar surface area (TPSA) is 103 Å². The minimum atomic E-state index is -0.137. The van der Waals surface area contributed by atoms with Crippen LogP contribution in [0.1, 0.15) is 11.3 Å². The van der Waals surface area contributed by atoms with Gasteiger partial charge < -0.3 is 10.2 Å². The van der Waals surface area contributed by atoms with Crippen LogP contribution >= 0.6 is 31.9 Å². The standard InChI is InChI=1S/C18H13Br2N5O2/c19-12-9-11(16(26)15(20)17(12)27)10-23-25-18(13-5-1-3-7-21-13)24-14-6-2-4-8-22-14/h1-10,26-27H,(H,22,24,25)/b23-10+. The Morgan fingerprint density at radius 1 is 1.00 bits per heavy atom. The molecule has 0 aliphatic carbocycles. The second-order valence-corrected chi connectivity index (χ2v) is 6.84. The molecule has 0 saturated heterocycles. The Kier molecular flexibility index (Phi) is 6.15. The number of halogens is 2. The molecule has 0 bridgehead atoms. The molecule has 0 spiro atoms. The Labute approximate surface area is 171 Å². The third kappa shape index (κ3) is 4.69. The molecule has 0 radical (unpaired) electrons. The number of benzene rings is 1. The van der Waals surface area contributed by atoms with E-state index in [9.17, 15) is 10.2 Å². The average Bonchev–Trinajstić information content (AvgIpc) is 2.71. The lowest BCUT2D eigenvalue weighted by Crippen LogP contribution is -2.20. The normalized spacial score (nSPS) is 11.7. The van der Waals surface area contributed by atoms with Crippen LogP contribution in [0.5, 0.6) is 11.5 Å². The molecule has 0 amide bonds. The molecule has 27 heavy (non-hydrogen) atoms. The van der Waals surface area contributed by atoms with Gasteiger partial charge in [-0.1, -0.05) is 12.1 Å². The highest BCUT2D eigenvalue weighted by Crippen LogP contribution is 2.40. The number of rotatable bonds is 4. The number of aliphatic imine (C=N–C) groups is 1. The Hall–Kier alpha value is -2.78. The number of pyridine rings is 2. The van der Waals surface area contributed by atoms with Crippen molar-refractivity contribution in [3.8, 4) is 11.5 Å².